The Balaban J connectivity index is 1.68. The van der Waals surface area contributed by atoms with Crippen molar-refractivity contribution in [3.63, 3.8) is 0 Å². The Morgan fingerprint density at radius 3 is 1.73 bits per heavy atom. The average Bonchev–Trinajstić information content (AvgIpc) is 2.84. The highest BCUT2D eigenvalue weighted by Crippen LogP contribution is 2.36. The van der Waals surface area contributed by atoms with Gasteiger partial charge in [-0.05, 0) is 62.7 Å². The normalized spacial score (nSPS) is 18.3. The fraction of sp³-hybridized carbons (Fsp3) is 0.478. The first-order valence-electron chi connectivity index (χ1n) is 9.87. The predicted octanol–water partition coefficient (Wildman–Crippen LogP) is 5.39. The van der Waals surface area contributed by atoms with E-state index in [1.165, 1.54) is 42.4 Å². The Morgan fingerprint density at radius 1 is 0.731 bits per heavy atom. The molecule has 0 atom stereocenters. The Labute approximate surface area is 159 Å². The van der Waals surface area contributed by atoms with Crippen molar-refractivity contribution in [2.24, 2.45) is 0 Å². The van der Waals surface area contributed by atoms with E-state index in [1.54, 1.807) is 0 Å². The van der Waals surface area contributed by atoms with Gasteiger partial charge < -0.3 is 9.31 Å². The zero-order chi connectivity index (χ0) is 18.8. The molecule has 0 amide bonds. The van der Waals surface area contributed by atoms with Gasteiger partial charge in [-0.3, -0.25) is 0 Å². The molecule has 1 saturated heterocycles. The molecule has 0 N–H and O–H groups in total. The van der Waals surface area contributed by atoms with Gasteiger partial charge in [-0.25, -0.2) is 0 Å². The lowest BCUT2D eigenvalue weighted by molar-refractivity contribution is 0.00578. The third kappa shape index (κ3) is 4.05. The molecule has 1 aliphatic heterocycles. The van der Waals surface area contributed by atoms with E-state index in [0.29, 0.717) is 0 Å². The molecule has 0 spiro atoms. The largest absolute Gasteiger partial charge is 0.494 e. The number of benzene rings is 2. The van der Waals surface area contributed by atoms with Crippen molar-refractivity contribution in [2.75, 3.05) is 0 Å². The Hall–Kier alpha value is -1.58. The maximum absolute atomic E-state index is 6.14. The fourth-order valence-electron chi connectivity index (χ4n) is 3.25. The molecule has 0 radical (unpaired) electrons. The molecule has 0 unspecified atom stereocenters. The Morgan fingerprint density at radius 2 is 1.23 bits per heavy atom. The molecule has 1 fully saturated rings. The van der Waals surface area contributed by atoms with Crippen LogP contribution < -0.4 is 5.46 Å². The van der Waals surface area contributed by atoms with Crippen molar-refractivity contribution >= 4 is 12.6 Å². The van der Waals surface area contributed by atoms with Crippen LogP contribution in [0.15, 0.2) is 48.5 Å². The maximum atomic E-state index is 6.14. The highest BCUT2D eigenvalue weighted by atomic mass is 16.7. The molecule has 0 saturated carbocycles. The minimum absolute atomic E-state index is 0.296. The monoisotopic (exact) mass is 350 g/mol. The van der Waals surface area contributed by atoms with Gasteiger partial charge in [0.1, 0.15) is 0 Å². The van der Waals surface area contributed by atoms with E-state index in [-0.39, 0.29) is 18.3 Å². The molecule has 3 rings (SSSR count). The van der Waals surface area contributed by atoms with Gasteiger partial charge in [0.15, 0.2) is 0 Å². The minimum Gasteiger partial charge on any atom is -0.399 e. The van der Waals surface area contributed by atoms with Crippen molar-refractivity contribution < 1.29 is 9.31 Å². The number of hydrogen-bond donors (Lipinski definition) is 0. The van der Waals surface area contributed by atoms with Gasteiger partial charge in [-0.1, -0.05) is 68.3 Å². The van der Waals surface area contributed by atoms with Crippen LogP contribution in [-0.4, -0.2) is 18.3 Å². The molecule has 0 aromatic heterocycles. The quantitative estimate of drug-likeness (QED) is 0.514. The van der Waals surface area contributed by atoms with Gasteiger partial charge in [0, 0.05) is 0 Å². The first kappa shape index (κ1) is 19.2. The summed E-state index contributed by atoms with van der Waals surface area (Å²) in [4.78, 5) is 0. The van der Waals surface area contributed by atoms with Crippen LogP contribution in [0, 0.1) is 0 Å². The van der Waals surface area contributed by atoms with Gasteiger partial charge in [0.05, 0.1) is 11.2 Å². The predicted molar refractivity (Wildman–Crippen MR) is 111 cm³/mol. The first-order chi connectivity index (χ1) is 12.3. The minimum atomic E-state index is -0.302. The van der Waals surface area contributed by atoms with Crippen molar-refractivity contribution in [3.05, 3.63) is 54.1 Å². The van der Waals surface area contributed by atoms with Crippen LogP contribution in [0.25, 0.3) is 11.1 Å². The molecule has 138 valence electrons. The third-order valence-electron chi connectivity index (χ3n) is 5.79. The van der Waals surface area contributed by atoms with Crippen LogP contribution in [0.1, 0.15) is 59.4 Å². The molecule has 0 bridgehead atoms. The molecular weight excluding hydrogens is 319 g/mol. The van der Waals surface area contributed by atoms with Crippen LogP contribution in [0.3, 0.4) is 0 Å². The molecule has 3 heteroatoms. The average molecular weight is 350 g/mol. The molecule has 2 nitrogen and oxygen atoms in total. The molecule has 2 aromatic carbocycles. The maximum Gasteiger partial charge on any atom is 0.494 e. The van der Waals surface area contributed by atoms with Crippen LogP contribution in [0.5, 0.6) is 0 Å². The molecule has 2 aromatic rings. The zero-order valence-electron chi connectivity index (χ0n) is 16.8. The first-order valence-corrected chi connectivity index (χ1v) is 9.87. The lowest BCUT2D eigenvalue weighted by Crippen LogP contribution is -2.41. The lowest BCUT2D eigenvalue weighted by atomic mass is 9.78. The summed E-state index contributed by atoms with van der Waals surface area (Å²) >= 11 is 0. The van der Waals surface area contributed by atoms with E-state index in [9.17, 15) is 0 Å². The highest BCUT2D eigenvalue weighted by molar-refractivity contribution is 6.62. The Kier molecular flexibility index (Phi) is 5.59. The van der Waals surface area contributed by atoms with E-state index in [1.807, 2.05) is 0 Å². The smallest absolute Gasteiger partial charge is 0.399 e. The summed E-state index contributed by atoms with van der Waals surface area (Å²) in [5.41, 5.74) is 4.38. The highest BCUT2D eigenvalue weighted by Gasteiger charge is 2.51. The summed E-state index contributed by atoms with van der Waals surface area (Å²) in [6.45, 7) is 10.6. The van der Waals surface area contributed by atoms with Crippen LogP contribution in [0.2, 0.25) is 0 Å². The Bertz CT molecular complexity index is 701. The number of aryl methyl sites for hydroxylation is 1. The van der Waals surface area contributed by atoms with Crippen molar-refractivity contribution in [1.29, 1.82) is 0 Å². The second kappa shape index (κ2) is 7.58. The van der Waals surface area contributed by atoms with E-state index in [4.69, 9.17) is 9.31 Å². The van der Waals surface area contributed by atoms with E-state index < -0.39 is 0 Å². The van der Waals surface area contributed by atoms with E-state index in [2.05, 4.69) is 83.1 Å². The summed E-state index contributed by atoms with van der Waals surface area (Å²) in [7, 11) is -0.296. The van der Waals surface area contributed by atoms with Gasteiger partial charge in [0.2, 0.25) is 0 Å². The van der Waals surface area contributed by atoms with Gasteiger partial charge in [-0.15, -0.1) is 0 Å². The number of rotatable bonds is 6. The summed E-state index contributed by atoms with van der Waals surface area (Å²) in [5, 5.41) is 0. The van der Waals surface area contributed by atoms with Gasteiger partial charge in [-0.2, -0.15) is 0 Å². The second-order valence-electron chi connectivity index (χ2n) is 8.36. The van der Waals surface area contributed by atoms with Crippen molar-refractivity contribution in [3.8, 4) is 11.1 Å². The number of hydrogen-bond acceptors (Lipinski definition) is 2. The van der Waals surface area contributed by atoms with Crippen molar-refractivity contribution in [1.82, 2.24) is 0 Å². The standard InChI is InChI=1S/C23H31BO2/c1-6-7-8-9-18-10-12-19(13-11-18)20-14-16-21(17-15-20)24-25-22(2,3)23(4,5)26-24/h10-17H,6-9H2,1-5H3. The third-order valence-corrected chi connectivity index (χ3v) is 5.79. The summed E-state index contributed by atoms with van der Waals surface area (Å²) in [6, 6.07) is 17.5. The van der Waals surface area contributed by atoms with Crippen LogP contribution in [0.4, 0.5) is 0 Å². The SMILES string of the molecule is CCCCCc1ccc(-c2ccc(B3OC(C)(C)C(C)(C)O3)cc2)cc1. The molecule has 1 aliphatic rings. The van der Waals surface area contributed by atoms with Crippen molar-refractivity contribution in [2.45, 2.75) is 71.5 Å². The summed E-state index contributed by atoms with van der Waals surface area (Å²) in [5.74, 6) is 0. The van der Waals surface area contributed by atoms with Gasteiger partial charge in [0.25, 0.3) is 0 Å². The second-order valence-corrected chi connectivity index (χ2v) is 8.36. The topological polar surface area (TPSA) is 18.5 Å². The number of unbranched alkanes of at least 4 members (excludes halogenated alkanes) is 2. The molecule has 0 aliphatic carbocycles. The van der Waals surface area contributed by atoms with E-state index in [0.717, 1.165) is 5.46 Å². The van der Waals surface area contributed by atoms with Gasteiger partial charge >= 0.3 is 7.12 Å². The molecule has 26 heavy (non-hydrogen) atoms. The van der Waals surface area contributed by atoms with Crippen LogP contribution >= 0.6 is 0 Å². The van der Waals surface area contributed by atoms with E-state index >= 15 is 0 Å². The lowest BCUT2D eigenvalue weighted by Gasteiger charge is -2.32. The summed E-state index contributed by atoms with van der Waals surface area (Å²) in [6.07, 6.45) is 5.03. The summed E-state index contributed by atoms with van der Waals surface area (Å²) < 4.78 is 12.3. The van der Waals surface area contributed by atoms with Crippen LogP contribution in [-0.2, 0) is 15.7 Å². The molecular formula is C23H31BO2. The zero-order valence-corrected chi connectivity index (χ0v) is 16.8. The molecule has 1 heterocycles. The fourth-order valence-corrected chi connectivity index (χ4v) is 3.25.